The molecule has 0 spiro atoms. The quantitative estimate of drug-likeness (QED) is 0.684. The summed E-state index contributed by atoms with van der Waals surface area (Å²) in [5, 5.41) is 2.96. The van der Waals surface area contributed by atoms with Gasteiger partial charge in [0.2, 0.25) is 5.91 Å². The smallest absolute Gasteiger partial charge is 0.238 e. The molecule has 2 aromatic rings. The number of carbonyl (C=O) groups is 1. The Morgan fingerprint density at radius 2 is 1.83 bits per heavy atom. The molecule has 0 radical (unpaired) electrons. The van der Waals surface area contributed by atoms with Gasteiger partial charge in [0, 0.05) is 0 Å². The Bertz CT molecular complexity index is 768. The summed E-state index contributed by atoms with van der Waals surface area (Å²) < 4.78 is 10.8. The summed E-state index contributed by atoms with van der Waals surface area (Å²) in [7, 11) is 1.61. The van der Waals surface area contributed by atoms with E-state index in [1.807, 2.05) is 31.2 Å². The monoisotopic (exact) mass is 396 g/mol. The molecule has 1 heterocycles. The number of benzene rings is 2. The lowest BCUT2D eigenvalue weighted by molar-refractivity contribution is -0.117. The van der Waals surface area contributed by atoms with Gasteiger partial charge in [0.05, 0.1) is 25.9 Å². The third-order valence-corrected chi connectivity index (χ3v) is 5.53. The largest absolute Gasteiger partial charge is 0.495 e. The van der Waals surface area contributed by atoms with Gasteiger partial charge in [-0.15, -0.1) is 0 Å². The van der Waals surface area contributed by atoms with E-state index in [4.69, 9.17) is 9.47 Å². The molecule has 1 N–H and O–H groups in total. The zero-order chi connectivity index (χ0) is 20.5. The van der Waals surface area contributed by atoms with Crippen LogP contribution in [0, 0.1) is 5.92 Å². The van der Waals surface area contributed by atoms with Crippen LogP contribution in [0.5, 0.6) is 11.5 Å². The molecule has 1 fully saturated rings. The van der Waals surface area contributed by atoms with Crippen LogP contribution in [0.1, 0.15) is 31.7 Å². The van der Waals surface area contributed by atoms with Crippen LogP contribution in [0.3, 0.4) is 0 Å². The molecule has 29 heavy (non-hydrogen) atoms. The van der Waals surface area contributed by atoms with Crippen LogP contribution in [-0.4, -0.2) is 44.2 Å². The van der Waals surface area contributed by atoms with Gasteiger partial charge in [0.1, 0.15) is 11.5 Å². The Morgan fingerprint density at radius 1 is 1.10 bits per heavy atom. The fourth-order valence-corrected chi connectivity index (χ4v) is 3.86. The minimum absolute atomic E-state index is 0.0161. The van der Waals surface area contributed by atoms with Crippen LogP contribution in [0.25, 0.3) is 0 Å². The van der Waals surface area contributed by atoms with Crippen molar-refractivity contribution in [2.45, 2.75) is 32.6 Å². The van der Waals surface area contributed by atoms with E-state index in [0.29, 0.717) is 18.9 Å². The molecule has 5 nitrogen and oxygen atoms in total. The highest BCUT2D eigenvalue weighted by Crippen LogP contribution is 2.25. The number of aryl methyl sites for hydroxylation is 1. The molecule has 0 atom stereocenters. The molecular formula is C24H32N2O3. The number of nitrogens with zero attached hydrogens (tertiary/aromatic N) is 1. The average molecular weight is 397 g/mol. The van der Waals surface area contributed by atoms with Crippen molar-refractivity contribution in [2.75, 3.05) is 38.7 Å². The van der Waals surface area contributed by atoms with Gasteiger partial charge >= 0.3 is 0 Å². The summed E-state index contributed by atoms with van der Waals surface area (Å²) in [6.45, 7) is 5.10. The highest BCUT2D eigenvalue weighted by molar-refractivity contribution is 5.93. The van der Waals surface area contributed by atoms with Gasteiger partial charge in [-0.1, -0.05) is 24.3 Å². The molecule has 1 aliphatic rings. The van der Waals surface area contributed by atoms with E-state index in [1.165, 1.54) is 12.0 Å². The second kappa shape index (κ2) is 10.9. The van der Waals surface area contributed by atoms with E-state index >= 15 is 0 Å². The number of piperidine rings is 1. The van der Waals surface area contributed by atoms with Crippen molar-refractivity contribution in [3.05, 3.63) is 54.1 Å². The zero-order valence-electron chi connectivity index (χ0n) is 17.5. The molecule has 0 bridgehead atoms. The van der Waals surface area contributed by atoms with Crippen molar-refractivity contribution in [3.63, 3.8) is 0 Å². The predicted octanol–water partition coefficient (Wildman–Crippen LogP) is 4.38. The molecule has 5 heteroatoms. The van der Waals surface area contributed by atoms with Crippen molar-refractivity contribution in [1.29, 1.82) is 0 Å². The maximum Gasteiger partial charge on any atom is 0.238 e. The first-order valence-corrected chi connectivity index (χ1v) is 10.5. The van der Waals surface area contributed by atoms with E-state index in [0.717, 1.165) is 49.7 Å². The molecule has 156 valence electrons. The molecule has 0 aromatic heterocycles. The molecule has 0 saturated carbocycles. The number of likely N-dealkylation sites (tertiary alicyclic amines) is 1. The maximum absolute atomic E-state index is 12.4. The molecule has 2 aromatic carbocycles. The Morgan fingerprint density at radius 3 is 2.52 bits per heavy atom. The first-order chi connectivity index (χ1) is 14.2. The van der Waals surface area contributed by atoms with Gasteiger partial charge in [-0.3, -0.25) is 9.69 Å². The first kappa shape index (κ1) is 21.2. The van der Waals surface area contributed by atoms with E-state index < -0.39 is 0 Å². The SMILES string of the molecule is CCOc1ccc(CCC2CCN(CC(=O)Nc3ccccc3OC)CC2)cc1. The molecular weight excluding hydrogens is 364 g/mol. The number of anilines is 1. The standard InChI is InChI=1S/C24H32N2O3/c1-3-29-21-12-10-19(11-13-21)8-9-20-14-16-26(17-15-20)18-24(27)25-22-6-4-5-7-23(22)28-2/h4-7,10-13,20H,3,8-9,14-18H2,1-2H3,(H,25,27). The lowest BCUT2D eigenvalue weighted by Gasteiger charge is -2.31. The van der Waals surface area contributed by atoms with E-state index in [9.17, 15) is 4.79 Å². The molecule has 3 rings (SSSR count). The highest BCUT2D eigenvalue weighted by Gasteiger charge is 2.21. The van der Waals surface area contributed by atoms with Gasteiger partial charge in [-0.05, 0) is 81.4 Å². The van der Waals surface area contributed by atoms with Crippen LogP contribution in [-0.2, 0) is 11.2 Å². The number of para-hydroxylation sites is 2. The third kappa shape index (κ3) is 6.50. The van der Waals surface area contributed by atoms with Crippen LogP contribution in [0.4, 0.5) is 5.69 Å². The van der Waals surface area contributed by atoms with Gasteiger partial charge in [-0.2, -0.15) is 0 Å². The number of rotatable bonds is 9. The van der Waals surface area contributed by atoms with Crippen molar-refractivity contribution >= 4 is 11.6 Å². The normalized spacial score (nSPS) is 15.1. The summed E-state index contributed by atoms with van der Waals surface area (Å²) in [5.41, 5.74) is 2.09. The number of methoxy groups -OCH3 is 1. The van der Waals surface area contributed by atoms with Gasteiger partial charge in [0.25, 0.3) is 0 Å². The zero-order valence-corrected chi connectivity index (χ0v) is 17.5. The summed E-state index contributed by atoms with van der Waals surface area (Å²) >= 11 is 0. The Balaban J connectivity index is 1.38. The number of hydrogen-bond donors (Lipinski definition) is 1. The van der Waals surface area contributed by atoms with E-state index in [-0.39, 0.29) is 5.91 Å². The Hall–Kier alpha value is -2.53. The fraction of sp³-hybridized carbons (Fsp3) is 0.458. The number of hydrogen-bond acceptors (Lipinski definition) is 4. The van der Waals surface area contributed by atoms with E-state index in [2.05, 4.69) is 34.5 Å². The van der Waals surface area contributed by atoms with Crippen LogP contribution < -0.4 is 14.8 Å². The number of carbonyl (C=O) groups excluding carboxylic acids is 1. The van der Waals surface area contributed by atoms with Crippen LogP contribution in [0.2, 0.25) is 0 Å². The van der Waals surface area contributed by atoms with Crippen LogP contribution >= 0.6 is 0 Å². The highest BCUT2D eigenvalue weighted by atomic mass is 16.5. The van der Waals surface area contributed by atoms with Crippen molar-refractivity contribution in [2.24, 2.45) is 5.92 Å². The minimum Gasteiger partial charge on any atom is -0.495 e. The number of ether oxygens (including phenoxy) is 2. The second-order valence-corrected chi connectivity index (χ2v) is 7.58. The van der Waals surface area contributed by atoms with Gasteiger partial charge in [0.15, 0.2) is 0 Å². The van der Waals surface area contributed by atoms with Gasteiger partial charge in [-0.25, -0.2) is 0 Å². The summed E-state index contributed by atoms with van der Waals surface area (Å²) in [5.74, 6) is 2.38. The minimum atomic E-state index is 0.0161. The summed E-state index contributed by atoms with van der Waals surface area (Å²) in [6.07, 6.45) is 4.61. The van der Waals surface area contributed by atoms with Crippen LogP contribution in [0.15, 0.2) is 48.5 Å². The summed E-state index contributed by atoms with van der Waals surface area (Å²) in [4.78, 5) is 14.6. The first-order valence-electron chi connectivity index (χ1n) is 10.5. The maximum atomic E-state index is 12.4. The number of nitrogens with one attached hydrogen (secondary N) is 1. The summed E-state index contributed by atoms with van der Waals surface area (Å²) in [6, 6.07) is 16.0. The van der Waals surface area contributed by atoms with Gasteiger partial charge < -0.3 is 14.8 Å². The second-order valence-electron chi connectivity index (χ2n) is 7.58. The molecule has 1 saturated heterocycles. The van der Waals surface area contributed by atoms with Crippen molar-refractivity contribution in [3.8, 4) is 11.5 Å². The predicted molar refractivity (Wildman–Crippen MR) is 117 cm³/mol. The Kier molecular flexibility index (Phi) is 7.94. The average Bonchev–Trinajstić information content (AvgIpc) is 2.75. The van der Waals surface area contributed by atoms with Crippen molar-refractivity contribution < 1.29 is 14.3 Å². The fourth-order valence-electron chi connectivity index (χ4n) is 3.86. The topological polar surface area (TPSA) is 50.8 Å². The molecule has 1 aliphatic heterocycles. The third-order valence-electron chi connectivity index (χ3n) is 5.53. The molecule has 1 amide bonds. The molecule has 0 unspecified atom stereocenters. The number of amides is 1. The Labute approximate surface area is 174 Å². The van der Waals surface area contributed by atoms with E-state index in [1.54, 1.807) is 7.11 Å². The lowest BCUT2D eigenvalue weighted by Crippen LogP contribution is -2.39. The van der Waals surface area contributed by atoms with Crippen molar-refractivity contribution in [1.82, 2.24) is 4.90 Å². The lowest BCUT2D eigenvalue weighted by atomic mass is 9.90. The molecule has 0 aliphatic carbocycles.